The quantitative estimate of drug-likeness (QED) is 0.645. The van der Waals surface area contributed by atoms with E-state index in [9.17, 15) is 4.79 Å². The molecule has 31 heavy (non-hydrogen) atoms. The summed E-state index contributed by atoms with van der Waals surface area (Å²) in [5.74, 6) is 1.21. The van der Waals surface area contributed by atoms with E-state index in [1.807, 2.05) is 13.2 Å². The highest BCUT2D eigenvalue weighted by molar-refractivity contribution is 5.87. The molecule has 2 aromatic heterocycles. The number of likely N-dealkylation sites (N-methyl/N-ethyl adjacent to an activating group) is 1. The van der Waals surface area contributed by atoms with Crippen LogP contribution < -0.4 is 4.74 Å². The summed E-state index contributed by atoms with van der Waals surface area (Å²) >= 11 is 0. The number of carbonyl (C=O) groups excluding carboxylic acids is 1. The summed E-state index contributed by atoms with van der Waals surface area (Å²) in [4.78, 5) is 19.1. The van der Waals surface area contributed by atoms with Crippen molar-refractivity contribution in [2.24, 2.45) is 13.0 Å². The first-order valence-corrected chi connectivity index (χ1v) is 11.3. The van der Waals surface area contributed by atoms with Crippen molar-refractivity contribution in [2.75, 3.05) is 20.1 Å². The molecule has 1 saturated carbocycles. The molecule has 2 atom stereocenters. The van der Waals surface area contributed by atoms with Crippen LogP contribution >= 0.6 is 0 Å². The third kappa shape index (κ3) is 4.09. The SMILES string of the molecule is C[C@@H](Oc1nc(-c2ccc3c(c2)CCN(C)CC3)cc2nn(C)cc12)[C@H]1CCC(=O)C1. The fourth-order valence-corrected chi connectivity index (χ4v) is 4.86. The van der Waals surface area contributed by atoms with Gasteiger partial charge >= 0.3 is 0 Å². The minimum atomic E-state index is -0.0554. The average molecular weight is 419 g/mol. The Bertz CT molecular complexity index is 1140. The summed E-state index contributed by atoms with van der Waals surface area (Å²) in [6, 6.07) is 8.76. The van der Waals surface area contributed by atoms with Crippen LogP contribution in [0.15, 0.2) is 30.5 Å². The molecular weight excluding hydrogens is 388 g/mol. The van der Waals surface area contributed by atoms with Gasteiger partial charge in [0.25, 0.3) is 0 Å². The second-order valence-corrected chi connectivity index (χ2v) is 9.20. The van der Waals surface area contributed by atoms with Gasteiger partial charge in [0, 0.05) is 50.7 Å². The topological polar surface area (TPSA) is 60.2 Å². The summed E-state index contributed by atoms with van der Waals surface area (Å²) in [5, 5.41) is 5.54. The first-order chi connectivity index (χ1) is 15.0. The van der Waals surface area contributed by atoms with Crippen LogP contribution in [-0.4, -0.2) is 51.7 Å². The Labute approximate surface area is 183 Å². The molecule has 1 aliphatic heterocycles. The van der Waals surface area contributed by atoms with Crippen molar-refractivity contribution in [3.8, 4) is 17.1 Å². The molecular formula is C25H30N4O2. The number of carbonyl (C=O) groups is 1. The molecule has 6 nitrogen and oxygen atoms in total. The van der Waals surface area contributed by atoms with E-state index in [2.05, 4.69) is 48.2 Å². The van der Waals surface area contributed by atoms with Crippen LogP contribution in [0.4, 0.5) is 0 Å². The van der Waals surface area contributed by atoms with Crippen molar-refractivity contribution in [1.29, 1.82) is 0 Å². The molecule has 0 saturated heterocycles. The summed E-state index contributed by atoms with van der Waals surface area (Å²) in [7, 11) is 4.10. The van der Waals surface area contributed by atoms with Crippen molar-refractivity contribution >= 4 is 16.7 Å². The van der Waals surface area contributed by atoms with Gasteiger partial charge in [0.05, 0.1) is 16.6 Å². The van der Waals surface area contributed by atoms with Gasteiger partial charge in [0.2, 0.25) is 5.88 Å². The Kier molecular flexibility index (Phi) is 5.26. The predicted molar refractivity (Wildman–Crippen MR) is 121 cm³/mol. The first-order valence-electron chi connectivity index (χ1n) is 11.3. The van der Waals surface area contributed by atoms with E-state index >= 15 is 0 Å². The van der Waals surface area contributed by atoms with Gasteiger partial charge in [0.1, 0.15) is 11.9 Å². The van der Waals surface area contributed by atoms with E-state index in [-0.39, 0.29) is 12.0 Å². The second kappa shape index (κ2) is 8.08. The minimum absolute atomic E-state index is 0.0554. The maximum atomic E-state index is 11.7. The van der Waals surface area contributed by atoms with Gasteiger partial charge < -0.3 is 9.64 Å². The Morgan fingerprint density at radius 1 is 1.10 bits per heavy atom. The van der Waals surface area contributed by atoms with Gasteiger partial charge in [-0.2, -0.15) is 5.10 Å². The Morgan fingerprint density at radius 3 is 2.68 bits per heavy atom. The Morgan fingerprint density at radius 2 is 1.90 bits per heavy atom. The lowest BCUT2D eigenvalue weighted by molar-refractivity contribution is -0.117. The number of ether oxygens (including phenoxy) is 1. The normalized spacial score (nSPS) is 20.6. The van der Waals surface area contributed by atoms with Crippen molar-refractivity contribution in [3.63, 3.8) is 0 Å². The number of benzene rings is 1. The molecule has 3 aromatic rings. The fourth-order valence-electron chi connectivity index (χ4n) is 4.86. The lowest BCUT2D eigenvalue weighted by atomic mass is 9.98. The van der Waals surface area contributed by atoms with Gasteiger partial charge in [0.15, 0.2) is 0 Å². The Hall–Kier alpha value is -2.73. The molecule has 1 aliphatic carbocycles. The van der Waals surface area contributed by atoms with Gasteiger partial charge in [-0.3, -0.25) is 9.48 Å². The van der Waals surface area contributed by atoms with Crippen LogP contribution in [0.2, 0.25) is 0 Å². The van der Waals surface area contributed by atoms with Crippen molar-refractivity contribution in [3.05, 3.63) is 41.6 Å². The summed E-state index contributed by atoms with van der Waals surface area (Å²) < 4.78 is 8.16. The van der Waals surface area contributed by atoms with Crippen LogP contribution in [0.1, 0.15) is 37.3 Å². The van der Waals surface area contributed by atoms with Crippen LogP contribution in [0.3, 0.4) is 0 Å². The van der Waals surface area contributed by atoms with Gasteiger partial charge in [-0.1, -0.05) is 12.1 Å². The molecule has 162 valence electrons. The number of ketones is 1. The summed E-state index contributed by atoms with van der Waals surface area (Å²) in [5.41, 5.74) is 5.71. The van der Waals surface area contributed by atoms with Crippen LogP contribution in [-0.2, 0) is 24.7 Å². The van der Waals surface area contributed by atoms with E-state index in [4.69, 9.17) is 9.72 Å². The smallest absolute Gasteiger partial charge is 0.225 e. The van der Waals surface area contributed by atoms with Gasteiger partial charge in [-0.25, -0.2) is 4.98 Å². The van der Waals surface area contributed by atoms with Gasteiger partial charge in [-0.05, 0) is 56.5 Å². The molecule has 0 radical (unpaired) electrons. The molecule has 1 fully saturated rings. The number of hydrogen-bond donors (Lipinski definition) is 0. The lowest BCUT2D eigenvalue weighted by Crippen LogP contribution is -2.22. The molecule has 0 amide bonds. The molecule has 0 bridgehead atoms. The van der Waals surface area contributed by atoms with E-state index in [1.165, 1.54) is 11.1 Å². The molecule has 0 unspecified atom stereocenters. The Balaban J connectivity index is 1.50. The number of hydrogen-bond acceptors (Lipinski definition) is 5. The number of aryl methyl sites for hydroxylation is 1. The average Bonchev–Trinajstić information content (AvgIpc) is 3.30. The van der Waals surface area contributed by atoms with E-state index < -0.39 is 0 Å². The maximum absolute atomic E-state index is 11.7. The number of aromatic nitrogens is 3. The lowest BCUT2D eigenvalue weighted by Gasteiger charge is -2.20. The van der Waals surface area contributed by atoms with E-state index in [1.54, 1.807) is 4.68 Å². The highest BCUT2D eigenvalue weighted by Crippen LogP contribution is 2.33. The standard InChI is InChI=1S/C25H30N4O2/c1-16(18-6-7-21(30)13-18)31-25-22-15-29(3)27-24(22)14-23(26-25)20-5-4-17-8-10-28(2)11-9-19(17)12-20/h4-5,12,14-16,18H,6-11,13H2,1-3H3/t16-,18+/m1/s1. The van der Waals surface area contributed by atoms with E-state index in [0.29, 0.717) is 24.5 Å². The number of Topliss-reactive ketones (excluding diaryl/α,β-unsaturated/α-hetero) is 1. The number of pyridine rings is 1. The molecule has 5 rings (SSSR count). The zero-order valence-electron chi connectivity index (χ0n) is 18.6. The van der Waals surface area contributed by atoms with Crippen LogP contribution in [0.5, 0.6) is 5.88 Å². The zero-order valence-corrected chi connectivity index (χ0v) is 18.6. The van der Waals surface area contributed by atoms with E-state index in [0.717, 1.165) is 54.5 Å². The van der Waals surface area contributed by atoms with Crippen molar-refractivity contribution in [1.82, 2.24) is 19.7 Å². The van der Waals surface area contributed by atoms with Crippen LogP contribution in [0.25, 0.3) is 22.2 Å². The zero-order chi connectivity index (χ0) is 21.5. The van der Waals surface area contributed by atoms with Crippen molar-refractivity contribution in [2.45, 2.75) is 45.1 Å². The second-order valence-electron chi connectivity index (χ2n) is 9.20. The largest absolute Gasteiger partial charge is 0.474 e. The highest BCUT2D eigenvalue weighted by Gasteiger charge is 2.29. The molecule has 1 aromatic carbocycles. The van der Waals surface area contributed by atoms with Crippen molar-refractivity contribution < 1.29 is 9.53 Å². The maximum Gasteiger partial charge on any atom is 0.225 e. The van der Waals surface area contributed by atoms with Crippen LogP contribution in [0, 0.1) is 5.92 Å². The number of rotatable bonds is 4. The molecule has 3 heterocycles. The third-order valence-electron chi connectivity index (χ3n) is 6.86. The minimum Gasteiger partial charge on any atom is -0.474 e. The number of nitrogens with zero attached hydrogens (tertiary/aromatic N) is 4. The fraction of sp³-hybridized carbons (Fsp3) is 0.480. The first kappa shape index (κ1) is 20.2. The monoisotopic (exact) mass is 418 g/mol. The third-order valence-corrected chi connectivity index (χ3v) is 6.86. The molecule has 6 heteroatoms. The molecule has 0 spiro atoms. The number of fused-ring (bicyclic) bond motifs is 2. The summed E-state index contributed by atoms with van der Waals surface area (Å²) in [6.07, 6.45) is 6.22. The molecule has 2 aliphatic rings. The van der Waals surface area contributed by atoms with Gasteiger partial charge in [-0.15, -0.1) is 0 Å². The summed E-state index contributed by atoms with van der Waals surface area (Å²) in [6.45, 7) is 4.23. The highest BCUT2D eigenvalue weighted by atomic mass is 16.5. The predicted octanol–water partition coefficient (Wildman–Crippen LogP) is 3.80. The molecule has 0 N–H and O–H groups in total.